The predicted octanol–water partition coefficient (Wildman–Crippen LogP) is 3.68. The molecule has 3 nitrogen and oxygen atoms in total. The van der Waals surface area contributed by atoms with E-state index in [0.29, 0.717) is 5.02 Å². The Kier molecular flexibility index (Phi) is 3.79. The van der Waals surface area contributed by atoms with Crippen LogP contribution in [0.3, 0.4) is 0 Å². The minimum absolute atomic E-state index is 0.141. The van der Waals surface area contributed by atoms with Gasteiger partial charge in [0.2, 0.25) is 0 Å². The third-order valence-corrected chi connectivity index (χ3v) is 4.30. The maximum absolute atomic E-state index is 12.3. The van der Waals surface area contributed by atoms with Crippen LogP contribution in [0.5, 0.6) is 5.75 Å². The maximum atomic E-state index is 12.3. The Labute approximate surface area is 132 Å². The molecular formula is C16H13Cl2NO2. The minimum Gasteiger partial charge on any atom is -0.507 e. The molecule has 0 heterocycles. The highest BCUT2D eigenvalue weighted by Crippen LogP contribution is 2.35. The Morgan fingerprint density at radius 3 is 2.76 bits per heavy atom. The number of amides is 1. The lowest BCUT2D eigenvalue weighted by Crippen LogP contribution is -2.31. The van der Waals surface area contributed by atoms with Gasteiger partial charge in [0.05, 0.1) is 17.0 Å². The molecule has 1 aliphatic carbocycles. The third kappa shape index (κ3) is 2.71. The SMILES string of the molecule is O=C(NC1c2ccccc2CC1Cl)c1ccc(Cl)cc1O. The second-order valence-corrected chi connectivity index (χ2v) is 6.03. The van der Waals surface area contributed by atoms with Gasteiger partial charge < -0.3 is 10.4 Å². The van der Waals surface area contributed by atoms with E-state index >= 15 is 0 Å². The number of fused-ring (bicyclic) bond motifs is 1. The Balaban J connectivity index is 1.85. The second kappa shape index (κ2) is 5.58. The highest BCUT2D eigenvalue weighted by molar-refractivity contribution is 6.30. The molecule has 2 atom stereocenters. The first-order chi connectivity index (χ1) is 10.1. The smallest absolute Gasteiger partial charge is 0.255 e. The quantitative estimate of drug-likeness (QED) is 0.829. The molecule has 0 aliphatic heterocycles. The van der Waals surface area contributed by atoms with E-state index in [2.05, 4.69) is 5.32 Å². The average Bonchev–Trinajstić information content (AvgIpc) is 2.75. The molecule has 108 valence electrons. The molecular weight excluding hydrogens is 309 g/mol. The van der Waals surface area contributed by atoms with Crippen LogP contribution in [0.2, 0.25) is 5.02 Å². The van der Waals surface area contributed by atoms with E-state index in [9.17, 15) is 9.90 Å². The number of alkyl halides is 1. The van der Waals surface area contributed by atoms with Gasteiger partial charge in [-0.05, 0) is 35.7 Å². The zero-order valence-electron chi connectivity index (χ0n) is 11.0. The van der Waals surface area contributed by atoms with E-state index in [-0.39, 0.29) is 28.6 Å². The number of phenolic OH excluding ortho intramolecular Hbond substituents is 1. The van der Waals surface area contributed by atoms with E-state index in [1.165, 1.54) is 12.1 Å². The molecule has 2 N–H and O–H groups in total. The monoisotopic (exact) mass is 321 g/mol. The van der Waals surface area contributed by atoms with E-state index in [1.54, 1.807) is 6.07 Å². The highest BCUT2D eigenvalue weighted by atomic mass is 35.5. The second-order valence-electron chi connectivity index (χ2n) is 5.03. The van der Waals surface area contributed by atoms with Crippen molar-refractivity contribution in [3.63, 3.8) is 0 Å². The molecule has 2 aromatic rings. The molecule has 0 aromatic heterocycles. The molecule has 1 aliphatic rings. The Morgan fingerprint density at radius 1 is 1.24 bits per heavy atom. The van der Waals surface area contributed by atoms with Gasteiger partial charge in [-0.2, -0.15) is 0 Å². The third-order valence-electron chi connectivity index (χ3n) is 3.66. The van der Waals surface area contributed by atoms with Crippen molar-refractivity contribution in [1.82, 2.24) is 5.32 Å². The van der Waals surface area contributed by atoms with Crippen LogP contribution in [-0.4, -0.2) is 16.4 Å². The summed E-state index contributed by atoms with van der Waals surface area (Å²) in [5.74, 6) is -0.506. The summed E-state index contributed by atoms with van der Waals surface area (Å²) in [6.45, 7) is 0. The van der Waals surface area contributed by atoms with Crippen molar-refractivity contribution in [2.75, 3.05) is 0 Å². The number of carbonyl (C=O) groups is 1. The van der Waals surface area contributed by atoms with Crippen molar-refractivity contribution in [2.45, 2.75) is 17.8 Å². The van der Waals surface area contributed by atoms with Gasteiger partial charge in [-0.25, -0.2) is 0 Å². The first kappa shape index (κ1) is 14.2. The van der Waals surface area contributed by atoms with Gasteiger partial charge in [-0.1, -0.05) is 35.9 Å². The summed E-state index contributed by atoms with van der Waals surface area (Å²) in [6, 6.07) is 12.0. The standard InChI is InChI=1S/C16H13Cl2NO2/c17-10-5-6-12(14(20)8-10)16(21)19-15-11-4-2-1-3-9(11)7-13(15)18/h1-6,8,13,15,20H,7H2,(H,19,21). The van der Waals surface area contributed by atoms with Crippen LogP contribution >= 0.6 is 23.2 Å². The molecule has 3 rings (SSSR count). The van der Waals surface area contributed by atoms with Crippen molar-refractivity contribution in [3.8, 4) is 5.75 Å². The highest BCUT2D eigenvalue weighted by Gasteiger charge is 2.32. The summed E-state index contributed by atoms with van der Waals surface area (Å²) in [5, 5.41) is 12.9. The lowest BCUT2D eigenvalue weighted by Gasteiger charge is -2.18. The summed E-state index contributed by atoms with van der Waals surface area (Å²) in [5.41, 5.74) is 2.36. The molecule has 1 amide bonds. The number of hydrogen-bond acceptors (Lipinski definition) is 2. The minimum atomic E-state index is -0.364. The van der Waals surface area contributed by atoms with E-state index in [4.69, 9.17) is 23.2 Å². The van der Waals surface area contributed by atoms with Crippen LogP contribution in [0.1, 0.15) is 27.5 Å². The van der Waals surface area contributed by atoms with Gasteiger partial charge in [0, 0.05) is 5.02 Å². The average molecular weight is 322 g/mol. The van der Waals surface area contributed by atoms with Gasteiger partial charge in [0.25, 0.3) is 5.91 Å². The van der Waals surface area contributed by atoms with Crippen molar-refractivity contribution in [3.05, 3.63) is 64.2 Å². The lowest BCUT2D eigenvalue weighted by molar-refractivity contribution is 0.0934. The maximum Gasteiger partial charge on any atom is 0.255 e. The summed E-state index contributed by atoms with van der Waals surface area (Å²) in [6.07, 6.45) is 0.718. The first-order valence-electron chi connectivity index (χ1n) is 6.57. The molecule has 0 radical (unpaired) electrons. The lowest BCUT2D eigenvalue weighted by atomic mass is 10.1. The van der Waals surface area contributed by atoms with Gasteiger partial charge in [-0.3, -0.25) is 4.79 Å². The summed E-state index contributed by atoms with van der Waals surface area (Å²) >= 11 is 12.1. The van der Waals surface area contributed by atoms with E-state index in [0.717, 1.165) is 17.5 Å². The predicted molar refractivity (Wildman–Crippen MR) is 83.1 cm³/mol. The number of rotatable bonds is 2. The number of phenols is 1. The van der Waals surface area contributed by atoms with Crippen LogP contribution in [0.25, 0.3) is 0 Å². The van der Waals surface area contributed by atoms with Crippen LogP contribution in [0.15, 0.2) is 42.5 Å². The van der Waals surface area contributed by atoms with Gasteiger partial charge in [-0.15, -0.1) is 11.6 Å². The van der Waals surface area contributed by atoms with Crippen molar-refractivity contribution < 1.29 is 9.90 Å². The number of carbonyl (C=O) groups excluding carboxylic acids is 1. The fourth-order valence-corrected chi connectivity index (χ4v) is 3.16. The fraction of sp³-hybridized carbons (Fsp3) is 0.188. The number of hydrogen-bond donors (Lipinski definition) is 2. The van der Waals surface area contributed by atoms with Crippen LogP contribution in [0, 0.1) is 0 Å². The number of halogens is 2. The molecule has 0 bridgehead atoms. The fourth-order valence-electron chi connectivity index (χ4n) is 2.63. The van der Waals surface area contributed by atoms with Crippen molar-refractivity contribution in [2.24, 2.45) is 0 Å². The number of aromatic hydroxyl groups is 1. The van der Waals surface area contributed by atoms with E-state index in [1.807, 2.05) is 24.3 Å². The Morgan fingerprint density at radius 2 is 2.00 bits per heavy atom. The summed E-state index contributed by atoms with van der Waals surface area (Å²) in [4.78, 5) is 12.3. The molecule has 0 saturated heterocycles. The largest absolute Gasteiger partial charge is 0.507 e. The van der Waals surface area contributed by atoms with Crippen molar-refractivity contribution in [1.29, 1.82) is 0 Å². The molecule has 0 saturated carbocycles. The normalized spacial score (nSPS) is 20.1. The van der Waals surface area contributed by atoms with Crippen LogP contribution < -0.4 is 5.32 Å². The number of benzene rings is 2. The van der Waals surface area contributed by atoms with Gasteiger partial charge in [0.1, 0.15) is 5.75 Å². The summed E-state index contributed by atoms with van der Waals surface area (Å²) in [7, 11) is 0. The van der Waals surface area contributed by atoms with Crippen LogP contribution in [0.4, 0.5) is 0 Å². The van der Waals surface area contributed by atoms with Gasteiger partial charge >= 0.3 is 0 Å². The van der Waals surface area contributed by atoms with Crippen LogP contribution in [-0.2, 0) is 6.42 Å². The Bertz CT molecular complexity index is 702. The Hall–Kier alpha value is -1.71. The summed E-state index contributed by atoms with van der Waals surface area (Å²) < 4.78 is 0. The molecule has 0 fully saturated rings. The molecule has 5 heteroatoms. The zero-order valence-corrected chi connectivity index (χ0v) is 12.5. The zero-order chi connectivity index (χ0) is 15.0. The number of nitrogens with one attached hydrogen (secondary N) is 1. The molecule has 2 unspecified atom stereocenters. The van der Waals surface area contributed by atoms with E-state index < -0.39 is 0 Å². The molecule has 0 spiro atoms. The molecule has 2 aromatic carbocycles. The van der Waals surface area contributed by atoms with Crippen molar-refractivity contribution >= 4 is 29.1 Å². The topological polar surface area (TPSA) is 49.3 Å². The van der Waals surface area contributed by atoms with Gasteiger partial charge in [0.15, 0.2) is 0 Å². The first-order valence-corrected chi connectivity index (χ1v) is 7.39. The molecule has 21 heavy (non-hydrogen) atoms.